The fourth-order valence-electron chi connectivity index (χ4n) is 3.03. The molecule has 0 saturated heterocycles. The molecule has 0 saturated carbocycles. The average molecular weight is 539 g/mol. The Morgan fingerprint density at radius 3 is 2.15 bits per heavy atom. The molecule has 0 aliphatic carbocycles. The van der Waals surface area contributed by atoms with Crippen LogP contribution in [0.15, 0.2) is 110 Å². The summed E-state index contributed by atoms with van der Waals surface area (Å²) in [5, 5.41) is 4.23. The van der Waals surface area contributed by atoms with Gasteiger partial charge in [-0.3, -0.25) is 0 Å². The van der Waals surface area contributed by atoms with Gasteiger partial charge in [-0.05, 0) is 71.4 Å². The number of carbonyl (C=O) groups is 1. The van der Waals surface area contributed by atoms with Crippen LogP contribution in [-0.4, -0.2) is 20.1 Å². The van der Waals surface area contributed by atoms with E-state index in [1.165, 1.54) is 18.2 Å². The maximum Gasteiger partial charge on any atom is 0.379 e. The van der Waals surface area contributed by atoms with Crippen LogP contribution in [-0.2, 0) is 10.0 Å². The molecular formula is C25H19BrN2O5S. The maximum absolute atomic E-state index is 12.7. The molecule has 4 rings (SSSR count). The minimum Gasteiger partial charge on any atom is -0.442 e. The number of ether oxygens (including phenoxy) is 1. The number of nitrogens with one attached hydrogen (secondary N) is 1. The van der Waals surface area contributed by atoms with E-state index in [4.69, 9.17) is 9.15 Å². The Hall–Kier alpha value is -3.69. The Morgan fingerprint density at radius 1 is 0.882 bits per heavy atom. The summed E-state index contributed by atoms with van der Waals surface area (Å²) in [4.78, 5) is 14.6. The lowest BCUT2D eigenvalue weighted by Crippen LogP contribution is -2.21. The summed E-state index contributed by atoms with van der Waals surface area (Å²) in [6.45, 7) is 1.88. The summed E-state index contributed by atoms with van der Waals surface area (Å²) >= 11 is 3.14. The zero-order valence-electron chi connectivity index (χ0n) is 17.9. The van der Waals surface area contributed by atoms with Gasteiger partial charge in [0, 0.05) is 11.1 Å². The first-order valence-corrected chi connectivity index (χ1v) is 12.4. The number of esters is 1. The van der Waals surface area contributed by atoms with Crippen LogP contribution >= 0.6 is 15.9 Å². The highest BCUT2D eigenvalue weighted by Crippen LogP contribution is 2.20. The van der Waals surface area contributed by atoms with Crippen molar-refractivity contribution in [3.05, 3.63) is 118 Å². The van der Waals surface area contributed by atoms with Crippen molar-refractivity contribution in [3.63, 3.8) is 0 Å². The van der Waals surface area contributed by atoms with Crippen LogP contribution in [0.2, 0.25) is 0 Å². The smallest absolute Gasteiger partial charge is 0.379 e. The van der Waals surface area contributed by atoms with Gasteiger partial charge in [0.15, 0.2) is 4.67 Å². The second-order valence-corrected chi connectivity index (χ2v) is 9.69. The highest BCUT2D eigenvalue weighted by Gasteiger charge is 2.16. The van der Waals surface area contributed by atoms with Gasteiger partial charge in [0.2, 0.25) is 5.76 Å². The van der Waals surface area contributed by atoms with Crippen molar-refractivity contribution < 1.29 is 22.4 Å². The molecule has 3 aromatic carbocycles. The molecule has 0 bridgehead atoms. The van der Waals surface area contributed by atoms with E-state index in [2.05, 4.69) is 25.9 Å². The lowest BCUT2D eigenvalue weighted by molar-refractivity contribution is 0.0700. The molecule has 1 heterocycles. The molecule has 0 amide bonds. The summed E-state index contributed by atoms with van der Waals surface area (Å²) in [6, 6.07) is 25.3. The predicted molar refractivity (Wildman–Crippen MR) is 131 cm³/mol. The zero-order chi connectivity index (χ0) is 24.1. The van der Waals surface area contributed by atoms with Crippen molar-refractivity contribution in [2.24, 2.45) is 5.10 Å². The molecule has 0 atom stereocenters. The highest BCUT2D eigenvalue weighted by molar-refractivity contribution is 9.10. The number of hydrogen-bond donors (Lipinski definition) is 1. The Balaban J connectivity index is 1.60. The first-order valence-electron chi connectivity index (χ1n) is 10.1. The Morgan fingerprint density at radius 2 is 1.53 bits per heavy atom. The second kappa shape index (κ2) is 10.1. The third kappa shape index (κ3) is 5.62. The molecule has 0 fully saturated rings. The molecule has 0 spiro atoms. The van der Waals surface area contributed by atoms with Gasteiger partial charge in [-0.2, -0.15) is 18.4 Å². The van der Waals surface area contributed by atoms with Gasteiger partial charge >= 0.3 is 5.97 Å². The molecule has 0 aliphatic rings. The van der Waals surface area contributed by atoms with E-state index in [9.17, 15) is 13.2 Å². The standard InChI is InChI=1S/C25H19BrN2O5S/c1-17-7-13-21(14-8-17)34(30,31)28-27-24(18-5-3-2-4-6-18)19-9-11-20(12-10-19)32-25(29)22-15-16-23(26)33-22/h2-16,28H,1H3. The van der Waals surface area contributed by atoms with Crippen molar-refractivity contribution in [2.75, 3.05) is 0 Å². The normalized spacial score (nSPS) is 11.8. The summed E-state index contributed by atoms with van der Waals surface area (Å²) in [5.74, 6) is -0.275. The van der Waals surface area contributed by atoms with Crippen LogP contribution in [0.4, 0.5) is 0 Å². The largest absolute Gasteiger partial charge is 0.442 e. The van der Waals surface area contributed by atoms with Gasteiger partial charge in [0.1, 0.15) is 5.75 Å². The monoisotopic (exact) mass is 538 g/mol. The molecule has 0 unspecified atom stereocenters. The molecule has 0 radical (unpaired) electrons. The number of furan rings is 1. The molecule has 1 N–H and O–H groups in total. The van der Waals surface area contributed by atoms with Gasteiger partial charge < -0.3 is 9.15 Å². The number of hydrogen-bond acceptors (Lipinski definition) is 6. The van der Waals surface area contributed by atoms with E-state index in [1.54, 1.807) is 42.5 Å². The van der Waals surface area contributed by atoms with Gasteiger partial charge in [-0.1, -0.05) is 48.0 Å². The van der Waals surface area contributed by atoms with Crippen LogP contribution in [0.3, 0.4) is 0 Å². The minimum atomic E-state index is -3.86. The fourth-order valence-corrected chi connectivity index (χ4v) is 4.15. The van der Waals surface area contributed by atoms with Crippen molar-refractivity contribution in [1.29, 1.82) is 0 Å². The number of benzene rings is 3. The molecule has 4 aromatic rings. The van der Waals surface area contributed by atoms with Crippen molar-refractivity contribution in [3.8, 4) is 5.75 Å². The molecular weight excluding hydrogens is 520 g/mol. The van der Waals surface area contributed by atoms with Crippen LogP contribution in [0.25, 0.3) is 0 Å². The summed E-state index contributed by atoms with van der Waals surface area (Å²) in [6.07, 6.45) is 0. The Kier molecular flexibility index (Phi) is 6.95. The predicted octanol–water partition coefficient (Wildman–Crippen LogP) is 5.30. The van der Waals surface area contributed by atoms with Crippen LogP contribution in [0.1, 0.15) is 27.2 Å². The number of aryl methyl sites for hydroxylation is 1. The SMILES string of the molecule is Cc1ccc(S(=O)(=O)NN=C(c2ccccc2)c2ccc(OC(=O)c3ccc(Br)o3)cc2)cc1. The average Bonchev–Trinajstić information content (AvgIpc) is 3.28. The van der Waals surface area contributed by atoms with E-state index in [-0.39, 0.29) is 10.7 Å². The van der Waals surface area contributed by atoms with E-state index in [0.717, 1.165) is 5.56 Å². The van der Waals surface area contributed by atoms with E-state index >= 15 is 0 Å². The molecule has 1 aromatic heterocycles. The maximum atomic E-state index is 12.7. The topological polar surface area (TPSA) is 98.0 Å². The summed E-state index contributed by atoms with van der Waals surface area (Å²) < 4.78 is 36.4. The number of nitrogens with zero attached hydrogens (tertiary/aromatic N) is 1. The van der Waals surface area contributed by atoms with E-state index < -0.39 is 16.0 Å². The molecule has 9 heteroatoms. The highest BCUT2D eigenvalue weighted by atomic mass is 79.9. The molecule has 34 heavy (non-hydrogen) atoms. The Labute approximate surface area is 205 Å². The number of carbonyl (C=O) groups excluding carboxylic acids is 1. The Bertz CT molecular complexity index is 1430. The number of halogens is 1. The molecule has 172 valence electrons. The number of sulfonamides is 1. The lowest BCUT2D eigenvalue weighted by Gasteiger charge is -2.10. The third-order valence-corrected chi connectivity index (χ3v) is 6.42. The minimum absolute atomic E-state index is 0.0630. The van der Waals surface area contributed by atoms with Crippen LogP contribution < -0.4 is 9.57 Å². The first kappa shape index (κ1) is 23.5. The zero-order valence-corrected chi connectivity index (χ0v) is 20.3. The van der Waals surface area contributed by atoms with Gasteiger partial charge in [0.25, 0.3) is 10.0 Å². The van der Waals surface area contributed by atoms with Crippen molar-refractivity contribution >= 4 is 37.6 Å². The second-order valence-electron chi connectivity index (χ2n) is 7.25. The van der Waals surface area contributed by atoms with E-state index in [0.29, 0.717) is 27.3 Å². The third-order valence-electron chi connectivity index (χ3n) is 4.77. The molecule has 7 nitrogen and oxygen atoms in total. The molecule has 0 aliphatic heterocycles. The van der Waals surface area contributed by atoms with Crippen molar-refractivity contribution in [1.82, 2.24) is 4.83 Å². The number of rotatable bonds is 7. The van der Waals surface area contributed by atoms with Gasteiger partial charge in [-0.15, -0.1) is 0 Å². The van der Waals surface area contributed by atoms with Crippen LogP contribution in [0.5, 0.6) is 5.75 Å². The van der Waals surface area contributed by atoms with Crippen LogP contribution in [0, 0.1) is 6.92 Å². The van der Waals surface area contributed by atoms with Gasteiger partial charge in [-0.25, -0.2) is 4.79 Å². The summed E-state index contributed by atoms with van der Waals surface area (Å²) in [5.41, 5.74) is 2.69. The number of hydrazone groups is 1. The quantitative estimate of drug-likeness (QED) is 0.149. The van der Waals surface area contributed by atoms with Gasteiger partial charge in [0.05, 0.1) is 10.6 Å². The summed E-state index contributed by atoms with van der Waals surface area (Å²) in [7, 11) is -3.86. The fraction of sp³-hybridized carbons (Fsp3) is 0.0400. The van der Waals surface area contributed by atoms with E-state index in [1.807, 2.05) is 37.3 Å². The first-order chi connectivity index (χ1) is 16.3. The lowest BCUT2D eigenvalue weighted by atomic mass is 10.0. The van der Waals surface area contributed by atoms with Crippen molar-refractivity contribution in [2.45, 2.75) is 11.8 Å².